The minimum atomic E-state index is 0.673. The molecule has 3 rings (SSSR count). The van der Waals surface area contributed by atoms with Crippen molar-refractivity contribution in [3.8, 4) is 11.3 Å². The number of hydrogen-bond donors (Lipinski definition) is 2. The van der Waals surface area contributed by atoms with Crippen LogP contribution in [0.2, 0.25) is 10.0 Å². The van der Waals surface area contributed by atoms with E-state index in [0.29, 0.717) is 10.0 Å². The molecule has 2 N–H and O–H groups in total. The molecule has 0 amide bonds. The van der Waals surface area contributed by atoms with Gasteiger partial charge in [0.2, 0.25) is 0 Å². The lowest BCUT2D eigenvalue weighted by atomic mass is 10.0. The minimum Gasteiger partial charge on any atom is -0.379 e. The monoisotopic (exact) mass is 239 g/mol. The van der Waals surface area contributed by atoms with Gasteiger partial charge >= 0.3 is 0 Å². The molecule has 2 aromatic rings. The molecule has 1 aliphatic rings. The summed E-state index contributed by atoms with van der Waals surface area (Å²) in [6, 6.07) is 3.58. The largest absolute Gasteiger partial charge is 0.379 e. The van der Waals surface area contributed by atoms with Crippen LogP contribution in [0, 0.1) is 0 Å². The summed E-state index contributed by atoms with van der Waals surface area (Å²) in [5.41, 5.74) is 3.84. The summed E-state index contributed by atoms with van der Waals surface area (Å²) in [6.07, 6.45) is 1.79. The quantitative estimate of drug-likeness (QED) is 0.741. The van der Waals surface area contributed by atoms with Crippen LogP contribution in [0.1, 0.15) is 5.56 Å². The Morgan fingerprint density at radius 2 is 2.00 bits per heavy atom. The van der Waals surface area contributed by atoms with Gasteiger partial charge in [0.25, 0.3) is 0 Å². The predicted octanol–water partition coefficient (Wildman–Crippen LogP) is 3.31. The van der Waals surface area contributed by atoms with Gasteiger partial charge in [-0.15, -0.1) is 0 Å². The Morgan fingerprint density at radius 1 is 1.20 bits per heavy atom. The van der Waals surface area contributed by atoms with Crippen LogP contribution in [0.15, 0.2) is 18.3 Å². The zero-order chi connectivity index (χ0) is 10.4. The van der Waals surface area contributed by atoms with Crippen molar-refractivity contribution in [2.45, 2.75) is 6.54 Å². The maximum atomic E-state index is 6.15. The van der Waals surface area contributed by atoms with Crippen molar-refractivity contribution in [1.29, 1.82) is 0 Å². The van der Waals surface area contributed by atoms with E-state index in [4.69, 9.17) is 23.2 Å². The van der Waals surface area contributed by atoms with Crippen LogP contribution in [-0.4, -0.2) is 10.2 Å². The van der Waals surface area contributed by atoms with Crippen LogP contribution in [0.25, 0.3) is 11.3 Å². The Bertz CT molecular complexity index is 533. The number of halogens is 2. The van der Waals surface area contributed by atoms with Gasteiger partial charge in [-0.25, -0.2) is 0 Å². The van der Waals surface area contributed by atoms with Crippen molar-refractivity contribution < 1.29 is 0 Å². The summed E-state index contributed by atoms with van der Waals surface area (Å²) in [6.45, 7) is 0.721. The first-order valence-electron chi connectivity index (χ1n) is 4.52. The van der Waals surface area contributed by atoms with Gasteiger partial charge in [0.05, 0.1) is 27.6 Å². The lowest BCUT2D eigenvalue weighted by Crippen LogP contribution is -2.08. The molecular weight excluding hydrogens is 233 g/mol. The number of aromatic amines is 1. The van der Waals surface area contributed by atoms with Crippen molar-refractivity contribution in [2.24, 2.45) is 0 Å². The molecule has 1 aliphatic heterocycles. The number of rotatable bonds is 0. The third-order valence-corrected chi connectivity index (χ3v) is 3.16. The number of nitrogens with one attached hydrogen (secondary N) is 2. The van der Waals surface area contributed by atoms with E-state index in [2.05, 4.69) is 15.5 Å². The van der Waals surface area contributed by atoms with Crippen LogP contribution in [0.5, 0.6) is 0 Å². The highest BCUT2D eigenvalue weighted by Gasteiger charge is 2.21. The number of H-pyrrole nitrogens is 1. The summed E-state index contributed by atoms with van der Waals surface area (Å²) in [5, 5.41) is 11.5. The number of anilines is 1. The molecule has 2 heterocycles. The maximum Gasteiger partial charge on any atom is 0.0736 e. The van der Waals surface area contributed by atoms with Crippen LogP contribution in [0.4, 0.5) is 5.69 Å². The Kier molecular flexibility index (Phi) is 1.90. The maximum absolute atomic E-state index is 6.15. The molecule has 5 heteroatoms. The molecular formula is C10H7Cl2N3. The van der Waals surface area contributed by atoms with E-state index >= 15 is 0 Å². The molecule has 1 aromatic carbocycles. The molecule has 0 unspecified atom stereocenters. The van der Waals surface area contributed by atoms with E-state index in [1.165, 1.54) is 0 Å². The molecule has 1 aromatic heterocycles. The van der Waals surface area contributed by atoms with E-state index in [1.54, 1.807) is 18.3 Å². The van der Waals surface area contributed by atoms with Crippen molar-refractivity contribution in [1.82, 2.24) is 10.2 Å². The van der Waals surface area contributed by atoms with Gasteiger partial charge in [-0.05, 0) is 12.1 Å². The van der Waals surface area contributed by atoms with E-state index in [0.717, 1.165) is 29.1 Å². The van der Waals surface area contributed by atoms with E-state index in [-0.39, 0.29) is 0 Å². The van der Waals surface area contributed by atoms with Gasteiger partial charge in [-0.2, -0.15) is 5.10 Å². The first-order chi connectivity index (χ1) is 7.27. The number of hydrogen-bond acceptors (Lipinski definition) is 2. The molecule has 0 atom stereocenters. The van der Waals surface area contributed by atoms with Crippen molar-refractivity contribution >= 4 is 28.9 Å². The molecule has 0 fully saturated rings. The second-order valence-electron chi connectivity index (χ2n) is 3.40. The van der Waals surface area contributed by atoms with Crippen molar-refractivity contribution in [2.75, 3.05) is 5.32 Å². The first kappa shape index (κ1) is 9.07. The Hall–Kier alpha value is -1.19. The topological polar surface area (TPSA) is 40.7 Å². The first-order valence-corrected chi connectivity index (χ1v) is 5.27. The molecule has 0 spiro atoms. The minimum absolute atomic E-state index is 0.673. The summed E-state index contributed by atoms with van der Waals surface area (Å²) in [7, 11) is 0. The summed E-state index contributed by atoms with van der Waals surface area (Å²) < 4.78 is 0. The fourth-order valence-corrected chi connectivity index (χ4v) is 2.29. The fraction of sp³-hybridized carbons (Fsp3) is 0.100. The highest BCUT2D eigenvalue weighted by molar-refractivity contribution is 6.38. The molecule has 0 bridgehead atoms. The zero-order valence-corrected chi connectivity index (χ0v) is 9.15. The van der Waals surface area contributed by atoms with Crippen LogP contribution >= 0.6 is 23.2 Å². The SMILES string of the molecule is Clc1ccc(Cl)c2c1NCc1cn[nH]c1-2. The predicted molar refractivity (Wildman–Crippen MR) is 61.4 cm³/mol. The van der Waals surface area contributed by atoms with Gasteiger partial charge in [0, 0.05) is 17.7 Å². The van der Waals surface area contributed by atoms with Crippen molar-refractivity contribution in [3.05, 3.63) is 33.9 Å². The standard InChI is InChI=1S/C10H7Cl2N3/c11-6-1-2-7(12)10-8(6)9-5(3-13-10)4-14-15-9/h1-2,4,13H,3H2,(H,14,15). The highest BCUT2D eigenvalue weighted by Crippen LogP contribution is 2.42. The van der Waals surface area contributed by atoms with Crippen molar-refractivity contribution in [3.63, 3.8) is 0 Å². The molecule has 0 radical (unpaired) electrons. The van der Waals surface area contributed by atoms with Crippen LogP contribution in [-0.2, 0) is 6.54 Å². The normalized spacial score (nSPS) is 12.9. The Morgan fingerprint density at radius 3 is 2.87 bits per heavy atom. The summed E-state index contributed by atoms with van der Waals surface area (Å²) in [5.74, 6) is 0. The second-order valence-corrected chi connectivity index (χ2v) is 4.22. The molecule has 76 valence electrons. The Labute approximate surface area is 96.4 Å². The average Bonchev–Trinajstić information content (AvgIpc) is 2.70. The fourth-order valence-electron chi connectivity index (χ4n) is 1.81. The van der Waals surface area contributed by atoms with E-state index < -0.39 is 0 Å². The second kappa shape index (κ2) is 3.15. The van der Waals surface area contributed by atoms with Gasteiger partial charge in [0.15, 0.2) is 0 Å². The molecule has 0 saturated heterocycles. The third-order valence-electron chi connectivity index (χ3n) is 2.53. The highest BCUT2D eigenvalue weighted by atomic mass is 35.5. The number of fused-ring (bicyclic) bond motifs is 3. The number of aromatic nitrogens is 2. The zero-order valence-electron chi connectivity index (χ0n) is 7.64. The smallest absolute Gasteiger partial charge is 0.0736 e. The lowest BCUT2D eigenvalue weighted by Gasteiger charge is -2.20. The third kappa shape index (κ3) is 1.24. The summed E-state index contributed by atoms with van der Waals surface area (Å²) in [4.78, 5) is 0. The van der Waals surface area contributed by atoms with Crippen LogP contribution in [0.3, 0.4) is 0 Å². The average molecular weight is 240 g/mol. The molecule has 0 aliphatic carbocycles. The van der Waals surface area contributed by atoms with Gasteiger partial charge < -0.3 is 5.32 Å². The van der Waals surface area contributed by atoms with Gasteiger partial charge in [0.1, 0.15) is 0 Å². The van der Waals surface area contributed by atoms with E-state index in [9.17, 15) is 0 Å². The lowest BCUT2D eigenvalue weighted by molar-refractivity contribution is 1.09. The molecule has 0 saturated carbocycles. The summed E-state index contributed by atoms with van der Waals surface area (Å²) >= 11 is 12.2. The number of nitrogens with zero attached hydrogens (tertiary/aromatic N) is 1. The van der Waals surface area contributed by atoms with Crippen LogP contribution < -0.4 is 5.32 Å². The van der Waals surface area contributed by atoms with E-state index in [1.807, 2.05) is 0 Å². The number of benzene rings is 1. The molecule has 3 nitrogen and oxygen atoms in total. The van der Waals surface area contributed by atoms with Gasteiger partial charge in [-0.1, -0.05) is 23.2 Å². The Balaban J connectivity index is 2.36. The van der Waals surface area contributed by atoms with Gasteiger partial charge in [-0.3, -0.25) is 5.10 Å². The molecule has 15 heavy (non-hydrogen) atoms.